The Morgan fingerprint density at radius 1 is 1.25 bits per heavy atom. The van der Waals surface area contributed by atoms with Gasteiger partial charge in [-0.2, -0.15) is 0 Å². The zero-order valence-corrected chi connectivity index (χ0v) is 12.9. The molecule has 0 bridgehead atoms. The van der Waals surface area contributed by atoms with E-state index in [9.17, 15) is 4.79 Å². The second-order valence-electron chi connectivity index (χ2n) is 6.19. The van der Waals surface area contributed by atoms with Crippen LogP contribution in [-0.2, 0) is 10.5 Å². The Kier molecular flexibility index (Phi) is 4.35. The predicted octanol–water partition coefficient (Wildman–Crippen LogP) is 3.53. The molecule has 2 fully saturated rings. The number of carbonyl (C=O) groups is 1. The summed E-state index contributed by atoms with van der Waals surface area (Å²) >= 11 is 1.72. The summed E-state index contributed by atoms with van der Waals surface area (Å²) in [6.45, 7) is 2.13. The highest BCUT2D eigenvalue weighted by molar-refractivity contribution is 7.99. The molecule has 0 unspecified atom stereocenters. The van der Waals surface area contributed by atoms with E-state index >= 15 is 0 Å². The van der Waals surface area contributed by atoms with Crippen LogP contribution in [0.5, 0.6) is 0 Å². The first-order chi connectivity index (χ1) is 9.74. The Bertz CT molecular complexity index is 468. The Labute approximate surface area is 125 Å². The van der Waals surface area contributed by atoms with Gasteiger partial charge in [-0.25, -0.2) is 0 Å². The summed E-state index contributed by atoms with van der Waals surface area (Å²) in [5, 5.41) is 3.28. The zero-order chi connectivity index (χ0) is 13.9. The lowest BCUT2D eigenvalue weighted by Crippen LogP contribution is -2.39. The van der Waals surface area contributed by atoms with Gasteiger partial charge < -0.3 is 5.32 Å². The lowest BCUT2D eigenvalue weighted by molar-refractivity contribution is -0.119. The number of rotatable bonds is 7. The van der Waals surface area contributed by atoms with Crippen molar-refractivity contribution in [3.63, 3.8) is 0 Å². The quantitative estimate of drug-likeness (QED) is 0.832. The molecule has 1 aromatic carbocycles. The molecule has 108 valence electrons. The fourth-order valence-corrected chi connectivity index (χ4v) is 3.70. The molecular weight excluding hydrogens is 266 g/mol. The lowest BCUT2D eigenvalue weighted by Gasteiger charge is -2.17. The van der Waals surface area contributed by atoms with Gasteiger partial charge in [0.1, 0.15) is 0 Å². The van der Waals surface area contributed by atoms with E-state index in [0.29, 0.717) is 11.8 Å². The summed E-state index contributed by atoms with van der Waals surface area (Å²) in [4.78, 5) is 12.1. The monoisotopic (exact) mass is 289 g/mol. The number of hydrogen-bond donors (Lipinski definition) is 1. The number of nitrogens with one attached hydrogen (secondary N) is 1. The Morgan fingerprint density at radius 2 is 1.90 bits per heavy atom. The van der Waals surface area contributed by atoms with Gasteiger partial charge in [-0.3, -0.25) is 4.79 Å². The average molecular weight is 289 g/mol. The average Bonchev–Trinajstić information content (AvgIpc) is 3.30. The fourth-order valence-electron chi connectivity index (χ4n) is 2.78. The summed E-state index contributed by atoms with van der Waals surface area (Å²) in [6.07, 6.45) is 5.27. The maximum Gasteiger partial charge on any atom is 0.230 e. The highest BCUT2D eigenvalue weighted by atomic mass is 32.2. The molecule has 2 nitrogen and oxygen atoms in total. The maximum atomic E-state index is 12.1. The Morgan fingerprint density at radius 3 is 2.50 bits per heavy atom. The number of aryl methyl sites for hydroxylation is 1. The number of carbonyl (C=O) groups excluding carboxylic acids is 1. The molecule has 2 saturated carbocycles. The molecule has 0 aliphatic heterocycles. The summed E-state index contributed by atoms with van der Waals surface area (Å²) in [5.74, 6) is 3.31. The molecule has 0 atom stereocenters. The van der Waals surface area contributed by atoms with Crippen LogP contribution < -0.4 is 5.32 Å². The highest BCUT2D eigenvalue weighted by Crippen LogP contribution is 2.44. The second kappa shape index (κ2) is 6.21. The number of amides is 1. The van der Waals surface area contributed by atoms with E-state index in [2.05, 4.69) is 36.5 Å². The van der Waals surface area contributed by atoms with Gasteiger partial charge in [0.25, 0.3) is 0 Å². The van der Waals surface area contributed by atoms with Crippen LogP contribution in [0, 0.1) is 18.8 Å². The third kappa shape index (κ3) is 3.78. The van der Waals surface area contributed by atoms with Crippen molar-refractivity contribution < 1.29 is 4.79 Å². The normalized spacial score (nSPS) is 18.3. The summed E-state index contributed by atoms with van der Waals surface area (Å²) in [7, 11) is 0. The molecule has 3 rings (SSSR count). The van der Waals surface area contributed by atoms with Gasteiger partial charge in [0.05, 0.1) is 5.75 Å². The molecule has 1 N–H and O–H groups in total. The Hall–Kier alpha value is -0.960. The van der Waals surface area contributed by atoms with Crippen molar-refractivity contribution in [2.24, 2.45) is 11.8 Å². The zero-order valence-electron chi connectivity index (χ0n) is 12.1. The largest absolute Gasteiger partial charge is 0.352 e. The summed E-state index contributed by atoms with van der Waals surface area (Å²) < 4.78 is 0. The number of thioether (sulfide) groups is 1. The van der Waals surface area contributed by atoms with Crippen molar-refractivity contribution >= 4 is 17.7 Å². The van der Waals surface area contributed by atoms with E-state index in [1.165, 1.54) is 36.8 Å². The molecular formula is C17H23NOS. The van der Waals surface area contributed by atoms with E-state index in [0.717, 1.165) is 17.6 Å². The Balaban J connectivity index is 1.41. The third-order valence-electron chi connectivity index (χ3n) is 4.34. The van der Waals surface area contributed by atoms with Gasteiger partial charge in [0.15, 0.2) is 0 Å². The maximum absolute atomic E-state index is 12.1. The van der Waals surface area contributed by atoms with E-state index in [1.54, 1.807) is 11.8 Å². The first-order valence-electron chi connectivity index (χ1n) is 7.65. The van der Waals surface area contributed by atoms with E-state index in [4.69, 9.17) is 0 Å². The highest BCUT2D eigenvalue weighted by Gasteiger charge is 2.42. The SMILES string of the molecule is Cc1ccccc1CSCC(=O)NC(C1CC1)C1CC1. The predicted molar refractivity (Wildman–Crippen MR) is 84.7 cm³/mol. The smallest absolute Gasteiger partial charge is 0.230 e. The molecule has 3 heteroatoms. The topological polar surface area (TPSA) is 29.1 Å². The molecule has 1 amide bonds. The van der Waals surface area contributed by atoms with E-state index in [1.807, 2.05) is 0 Å². The molecule has 20 heavy (non-hydrogen) atoms. The van der Waals surface area contributed by atoms with Crippen molar-refractivity contribution in [2.45, 2.75) is 44.4 Å². The van der Waals surface area contributed by atoms with Gasteiger partial charge in [-0.05, 0) is 55.6 Å². The molecule has 0 heterocycles. The van der Waals surface area contributed by atoms with Crippen molar-refractivity contribution in [2.75, 3.05) is 5.75 Å². The van der Waals surface area contributed by atoms with Crippen LogP contribution >= 0.6 is 11.8 Å². The molecule has 0 radical (unpaired) electrons. The van der Waals surface area contributed by atoms with Crippen LogP contribution in [0.15, 0.2) is 24.3 Å². The minimum atomic E-state index is 0.229. The van der Waals surface area contributed by atoms with E-state index in [-0.39, 0.29) is 5.91 Å². The second-order valence-corrected chi connectivity index (χ2v) is 7.17. The molecule has 0 aromatic heterocycles. The van der Waals surface area contributed by atoms with Gasteiger partial charge in [-0.15, -0.1) is 11.8 Å². The number of benzene rings is 1. The number of hydrogen-bond acceptors (Lipinski definition) is 2. The molecule has 0 spiro atoms. The van der Waals surface area contributed by atoms with Crippen LogP contribution in [0.4, 0.5) is 0 Å². The lowest BCUT2D eigenvalue weighted by atomic mass is 10.1. The van der Waals surface area contributed by atoms with Crippen LogP contribution in [0.1, 0.15) is 36.8 Å². The van der Waals surface area contributed by atoms with E-state index < -0.39 is 0 Å². The van der Waals surface area contributed by atoms with Crippen LogP contribution in [0.3, 0.4) is 0 Å². The van der Waals surface area contributed by atoms with Crippen molar-refractivity contribution in [3.8, 4) is 0 Å². The molecule has 2 aliphatic rings. The van der Waals surface area contributed by atoms with Crippen molar-refractivity contribution in [1.29, 1.82) is 0 Å². The van der Waals surface area contributed by atoms with Crippen LogP contribution in [0.2, 0.25) is 0 Å². The fraction of sp³-hybridized carbons (Fsp3) is 0.588. The minimum absolute atomic E-state index is 0.229. The molecule has 2 aliphatic carbocycles. The van der Waals surface area contributed by atoms with Crippen molar-refractivity contribution in [3.05, 3.63) is 35.4 Å². The van der Waals surface area contributed by atoms with Gasteiger partial charge >= 0.3 is 0 Å². The molecule has 0 saturated heterocycles. The van der Waals surface area contributed by atoms with Crippen LogP contribution in [-0.4, -0.2) is 17.7 Å². The van der Waals surface area contributed by atoms with Crippen molar-refractivity contribution in [1.82, 2.24) is 5.32 Å². The first kappa shape index (κ1) is 14.0. The van der Waals surface area contributed by atoms with Gasteiger partial charge in [0.2, 0.25) is 5.91 Å². The molecule has 1 aromatic rings. The summed E-state index contributed by atoms with van der Waals surface area (Å²) in [5.41, 5.74) is 2.65. The summed E-state index contributed by atoms with van der Waals surface area (Å²) in [6, 6.07) is 8.90. The minimum Gasteiger partial charge on any atom is -0.352 e. The first-order valence-corrected chi connectivity index (χ1v) is 8.81. The van der Waals surface area contributed by atoms with Gasteiger partial charge in [-0.1, -0.05) is 24.3 Å². The van der Waals surface area contributed by atoms with Crippen LogP contribution in [0.25, 0.3) is 0 Å². The van der Waals surface area contributed by atoms with Gasteiger partial charge in [0, 0.05) is 11.8 Å². The standard InChI is InChI=1S/C17H23NOS/c1-12-4-2-3-5-15(12)10-20-11-16(19)18-17(13-6-7-13)14-8-9-14/h2-5,13-14,17H,6-11H2,1H3,(H,18,19). The third-order valence-corrected chi connectivity index (χ3v) is 5.32.